The first-order chi connectivity index (χ1) is 10.6. The van der Waals surface area contributed by atoms with E-state index in [0.29, 0.717) is 18.5 Å². The van der Waals surface area contributed by atoms with E-state index in [1.807, 2.05) is 24.3 Å². The molecule has 0 unspecified atom stereocenters. The summed E-state index contributed by atoms with van der Waals surface area (Å²) in [7, 11) is 0. The second kappa shape index (κ2) is 5.99. The molecular formula is C19H24N2O. The van der Waals surface area contributed by atoms with E-state index in [9.17, 15) is 4.79 Å². The third kappa shape index (κ3) is 2.94. The minimum Gasteiger partial charge on any atom is -0.351 e. The van der Waals surface area contributed by atoms with E-state index >= 15 is 0 Å². The summed E-state index contributed by atoms with van der Waals surface area (Å²) in [5.74, 6) is 0.361. The Morgan fingerprint density at radius 3 is 2.59 bits per heavy atom. The van der Waals surface area contributed by atoms with Crippen molar-refractivity contribution in [2.24, 2.45) is 0 Å². The molecular weight excluding hydrogens is 272 g/mol. The molecule has 1 saturated carbocycles. The number of carbonyl (C=O) groups excluding carboxylic acids is 1. The summed E-state index contributed by atoms with van der Waals surface area (Å²) < 4.78 is 2.32. The molecule has 1 fully saturated rings. The van der Waals surface area contributed by atoms with Gasteiger partial charge in [0.25, 0.3) is 5.91 Å². The van der Waals surface area contributed by atoms with Crippen molar-refractivity contribution in [3.05, 3.63) is 58.9 Å². The van der Waals surface area contributed by atoms with Crippen LogP contribution in [-0.4, -0.2) is 17.0 Å². The van der Waals surface area contributed by atoms with E-state index < -0.39 is 0 Å². The van der Waals surface area contributed by atoms with Gasteiger partial charge in [-0.25, -0.2) is 0 Å². The number of amides is 1. The lowest BCUT2D eigenvalue weighted by molar-refractivity contribution is 0.0951. The second-order valence-corrected chi connectivity index (χ2v) is 6.41. The third-order valence-electron chi connectivity index (χ3n) is 4.58. The minimum atomic E-state index is 0.0442. The molecule has 0 radical (unpaired) electrons. The van der Waals surface area contributed by atoms with Crippen molar-refractivity contribution >= 4 is 5.91 Å². The Bertz CT molecular complexity index is 668. The zero-order valence-electron chi connectivity index (χ0n) is 13.6. The molecule has 3 rings (SSSR count). The first-order valence-corrected chi connectivity index (χ1v) is 8.09. The number of carbonyl (C=O) groups is 1. The molecule has 1 atom stereocenters. The number of hydrogen-bond donors (Lipinski definition) is 1. The maximum Gasteiger partial charge on any atom is 0.253 e. The molecule has 0 aliphatic heterocycles. The number of nitrogens with one attached hydrogen (secondary N) is 1. The van der Waals surface area contributed by atoms with E-state index in [-0.39, 0.29) is 5.91 Å². The first-order valence-electron chi connectivity index (χ1n) is 8.09. The van der Waals surface area contributed by atoms with Crippen LogP contribution in [0.1, 0.15) is 59.0 Å². The maximum absolute atomic E-state index is 12.5. The van der Waals surface area contributed by atoms with Gasteiger partial charge in [0.2, 0.25) is 0 Å². The van der Waals surface area contributed by atoms with E-state index in [1.165, 1.54) is 24.1 Å². The number of aromatic nitrogens is 1. The standard InChI is InChI=1S/C19H24N2O/c1-13(16-7-5-4-6-8-16)12-20-19(22)18-11-14(2)21(15(18)3)17-9-10-17/h4-8,11,13,17H,9-10,12H2,1-3H3,(H,20,22)/t13-/m1/s1. The van der Waals surface area contributed by atoms with Crippen LogP contribution in [0.3, 0.4) is 0 Å². The number of nitrogens with zero attached hydrogens (tertiary/aromatic N) is 1. The SMILES string of the molecule is Cc1cc(C(=O)NC[C@@H](C)c2ccccc2)c(C)n1C1CC1. The summed E-state index contributed by atoms with van der Waals surface area (Å²) >= 11 is 0. The molecule has 2 aromatic rings. The molecule has 0 saturated heterocycles. The average molecular weight is 296 g/mol. The lowest BCUT2D eigenvalue weighted by atomic mass is 10.0. The van der Waals surface area contributed by atoms with E-state index in [4.69, 9.17) is 0 Å². The fraction of sp³-hybridized carbons (Fsp3) is 0.421. The topological polar surface area (TPSA) is 34.0 Å². The highest BCUT2D eigenvalue weighted by atomic mass is 16.1. The van der Waals surface area contributed by atoms with Gasteiger partial charge in [-0.1, -0.05) is 37.3 Å². The van der Waals surface area contributed by atoms with Crippen molar-refractivity contribution < 1.29 is 4.79 Å². The quantitative estimate of drug-likeness (QED) is 0.890. The molecule has 1 amide bonds. The molecule has 1 heterocycles. The van der Waals surface area contributed by atoms with Gasteiger partial charge in [-0.3, -0.25) is 4.79 Å². The van der Waals surface area contributed by atoms with Crippen molar-refractivity contribution in [2.45, 2.75) is 45.6 Å². The Morgan fingerprint density at radius 2 is 1.95 bits per heavy atom. The van der Waals surface area contributed by atoms with Crippen molar-refractivity contribution in [1.29, 1.82) is 0 Å². The molecule has 116 valence electrons. The van der Waals surface area contributed by atoms with Crippen LogP contribution >= 0.6 is 0 Å². The predicted molar refractivity (Wildman–Crippen MR) is 89.4 cm³/mol. The normalized spacial score (nSPS) is 15.6. The van der Waals surface area contributed by atoms with Crippen LogP contribution < -0.4 is 5.32 Å². The zero-order valence-corrected chi connectivity index (χ0v) is 13.6. The molecule has 3 heteroatoms. The fourth-order valence-electron chi connectivity index (χ4n) is 3.14. The Kier molecular flexibility index (Phi) is 4.06. The van der Waals surface area contributed by atoms with E-state index in [1.54, 1.807) is 0 Å². The number of rotatable bonds is 5. The molecule has 0 bridgehead atoms. The number of benzene rings is 1. The molecule has 22 heavy (non-hydrogen) atoms. The van der Waals surface area contributed by atoms with Crippen LogP contribution in [-0.2, 0) is 0 Å². The second-order valence-electron chi connectivity index (χ2n) is 6.41. The minimum absolute atomic E-state index is 0.0442. The molecule has 1 aliphatic carbocycles. The van der Waals surface area contributed by atoms with E-state index in [0.717, 1.165) is 11.3 Å². The molecule has 3 nitrogen and oxygen atoms in total. The van der Waals surface area contributed by atoms with Crippen molar-refractivity contribution in [1.82, 2.24) is 9.88 Å². The Balaban J connectivity index is 1.66. The molecule has 1 aliphatic rings. The lowest BCUT2D eigenvalue weighted by Crippen LogP contribution is -2.27. The Hall–Kier alpha value is -2.03. The van der Waals surface area contributed by atoms with Gasteiger partial charge in [-0.05, 0) is 44.2 Å². The average Bonchev–Trinajstić information content (AvgIpc) is 3.31. The zero-order chi connectivity index (χ0) is 15.7. The third-order valence-corrected chi connectivity index (χ3v) is 4.58. The summed E-state index contributed by atoms with van der Waals surface area (Å²) in [6.45, 7) is 6.95. The van der Waals surface area contributed by atoms with Gasteiger partial charge in [0.1, 0.15) is 0 Å². The van der Waals surface area contributed by atoms with Gasteiger partial charge < -0.3 is 9.88 Å². The highest BCUT2D eigenvalue weighted by Crippen LogP contribution is 2.38. The predicted octanol–water partition coefficient (Wildman–Crippen LogP) is 3.97. The first kappa shape index (κ1) is 14.9. The molecule has 1 aromatic heterocycles. The Morgan fingerprint density at radius 1 is 1.27 bits per heavy atom. The molecule has 1 N–H and O–H groups in total. The van der Waals surface area contributed by atoms with Crippen LogP contribution in [0.25, 0.3) is 0 Å². The van der Waals surface area contributed by atoms with Gasteiger partial charge in [-0.2, -0.15) is 0 Å². The maximum atomic E-state index is 12.5. The van der Waals surface area contributed by atoms with Crippen LogP contribution in [0.5, 0.6) is 0 Å². The van der Waals surface area contributed by atoms with Crippen LogP contribution in [0.4, 0.5) is 0 Å². The smallest absolute Gasteiger partial charge is 0.253 e. The van der Waals surface area contributed by atoms with Crippen LogP contribution in [0.2, 0.25) is 0 Å². The van der Waals surface area contributed by atoms with Crippen molar-refractivity contribution in [2.75, 3.05) is 6.54 Å². The monoisotopic (exact) mass is 296 g/mol. The van der Waals surface area contributed by atoms with Gasteiger partial charge in [0.15, 0.2) is 0 Å². The van der Waals surface area contributed by atoms with Gasteiger partial charge in [0.05, 0.1) is 5.56 Å². The van der Waals surface area contributed by atoms with Gasteiger partial charge >= 0.3 is 0 Å². The van der Waals surface area contributed by atoms with Crippen LogP contribution in [0.15, 0.2) is 36.4 Å². The Labute approximate surface area is 132 Å². The molecule has 1 aromatic carbocycles. The fourth-order valence-corrected chi connectivity index (χ4v) is 3.14. The lowest BCUT2D eigenvalue weighted by Gasteiger charge is -2.13. The summed E-state index contributed by atoms with van der Waals surface area (Å²) in [5, 5.41) is 3.09. The van der Waals surface area contributed by atoms with Gasteiger partial charge in [0, 0.05) is 24.0 Å². The highest BCUT2D eigenvalue weighted by molar-refractivity contribution is 5.95. The van der Waals surface area contributed by atoms with Gasteiger partial charge in [-0.15, -0.1) is 0 Å². The number of hydrogen-bond acceptors (Lipinski definition) is 1. The summed E-state index contributed by atoms with van der Waals surface area (Å²) in [4.78, 5) is 12.5. The number of aryl methyl sites for hydroxylation is 1. The largest absolute Gasteiger partial charge is 0.351 e. The van der Waals surface area contributed by atoms with Crippen LogP contribution in [0, 0.1) is 13.8 Å². The summed E-state index contributed by atoms with van der Waals surface area (Å²) in [5.41, 5.74) is 4.38. The molecule has 0 spiro atoms. The van der Waals surface area contributed by atoms with E-state index in [2.05, 4.69) is 42.8 Å². The van der Waals surface area contributed by atoms with Crippen molar-refractivity contribution in [3.8, 4) is 0 Å². The highest BCUT2D eigenvalue weighted by Gasteiger charge is 2.28. The van der Waals surface area contributed by atoms with Crippen molar-refractivity contribution in [3.63, 3.8) is 0 Å². The summed E-state index contributed by atoms with van der Waals surface area (Å²) in [6, 6.07) is 12.9. The summed E-state index contributed by atoms with van der Waals surface area (Å²) in [6.07, 6.45) is 2.48.